The minimum atomic E-state index is -0.483. The second kappa shape index (κ2) is 8.76. The van der Waals surface area contributed by atoms with Gasteiger partial charge < -0.3 is 14.8 Å². The third kappa shape index (κ3) is 4.08. The summed E-state index contributed by atoms with van der Waals surface area (Å²) in [6.07, 6.45) is 5.62. The zero-order valence-corrected chi connectivity index (χ0v) is 18.3. The molecule has 0 bridgehead atoms. The van der Waals surface area contributed by atoms with Crippen LogP contribution < -0.4 is 5.32 Å². The Bertz CT molecular complexity index is 955. The SMILES string of the molecule is CC(C)C(C(=O)Nc1ccc(Cl)c(-c2nnc3n2CCCCC3)c1)N1CCCC1=O. The molecule has 1 atom stereocenters. The van der Waals surface area contributed by atoms with Crippen LogP contribution in [0.5, 0.6) is 0 Å². The minimum Gasteiger partial charge on any atom is -0.330 e. The van der Waals surface area contributed by atoms with Crippen LogP contribution in [-0.4, -0.2) is 44.1 Å². The van der Waals surface area contributed by atoms with Crippen molar-refractivity contribution >= 4 is 29.1 Å². The van der Waals surface area contributed by atoms with E-state index in [2.05, 4.69) is 20.1 Å². The lowest BCUT2D eigenvalue weighted by molar-refractivity contribution is -0.136. The first-order chi connectivity index (χ1) is 14.5. The van der Waals surface area contributed by atoms with E-state index >= 15 is 0 Å². The van der Waals surface area contributed by atoms with Gasteiger partial charge in [0.25, 0.3) is 0 Å². The van der Waals surface area contributed by atoms with Crippen molar-refractivity contribution < 1.29 is 9.59 Å². The number of carbonyl (C=O) groups excluding carboxylic acids is 2. The lowest BCUT2D eigenvalue weighted by Crippen LogP contribution is -2.47. The van der Waals surface area contributed by atoms with Crippen molar-refractivity contribution in [3.8, 4) is 11.4 Å². The number of likely N-dealkylation sites (tertiary alicyclic amines) is 1. The van der Waals surface area contributed by atoms with Crippen LogP contribution >= 0.6 is 11.6 Å². The van der Waals surface area contributed by atoms with Gasteiger partial charge in [-0.3, -0.25) is 9.59 Å². The van der Waals surface area contributed by atoms with Crippen LogP contribution in [0.1, 0.15) is 51.8 Å². The number of nitrogens with zero attached hydrogens (tertiary/aromatic N) is 4. The number of halogens is 1. The minimum absolute atomic E-state index is 0.0195. The lowest BCUT2D eigenvalue weighted by Gasteiger charge is -2.29. The average molecular weight is 430 g/mol. The van der Waals surface area contributed by atoms with E-state index in [4.69, 9.17) is 11.6 Å². The third-order valence-corrected chi connectivity index (χ3v) is 6.26. The highest BCUT2D eigenvalue weighted by Crippen LogP contribution is 2.31. The molecule has 2 amide bonds. The standard InChI is InChI=1S/C22H28ClN5O2/c1-14(2)20(28-12-6-8-19(28)29)22(30)24-15-9-10-17(23)16(13-15)21-26-25-18-7-4-3-5-11-27(18)21/h9-10,13-14,20H,3-8,11-12H2,1-2H3,(H,24,30). The van der Waals surface area contributed by atoms with E-state index in [0.29, 0.717) is 23.7 Å². The molecule has 1 aromatic heterocycles. The van der Waals surface area contributed by atoms with Gasteiger partial charge in [0.05, 0.1) is 5.02 Å². The van der Waals surface area contributed by atoms with Crippen LogP contribution in [0.2, 0.25) is 5.02 Å². The molecule has 2 aliphatic heterocycles. The molecule has 1 unspecified atom stereocenters. The molecular formula is C22H28ClN5O2. The molecule has 160 valence electrons. The molecule has 0 saturated carbocycles. The first-order valence-corrected chi connectivity index (χ1v) is 11.2. The van der Waals surface area contributed by atoms with Gasteiger partial charge in [-0.05, 0) is 43.4 Å². The van der Waals surface area contributed by atoms with Crippen LogP contribution in [0.25, 0.3) is 11.4 Å². The normalized spacial score (nSPS) is 17.7. The summed E-state index contributed by atoms with van der Waals surface area (Å²) in [5, 5.41) is 12.3. The van der Waals surface area contributed by atoms with Gasteiger partial charge in [0, 0.05) is 37.2 Å². The van der Waals surface area contributed by atoms with Crippen LogP contribution in [0.3, 0.4) is 0 Å². The molecule has 1 N–H and O–H groups in total. The predicted octanol–water partition coefficient (Wildman–Crippen LogP) is 3.91. The van der Waals surface area contributed by atoms with E-state index < -0.39 is 6.04 Å². The Morgan fingerprint density at radius 1 is 1.10 bits per heavy atom. The summed E-state index contributed by atoms with van der Waals surface area (Å²) in [5.41, 5.74) is 1.40. The van der Waals surface area contributed by atoms with Crippen LogP contribution in [-0.2, 0) is 22.6 Å². The van der Waals surface area contributed by atoms with Gasteiger partial charge in [-0.2, -0.15) is 0 Å². The Morgan fingerprint density at radius 3 is 2.67 bits per heavy atom. The van der Waals surface area contributed by atoms with Crippen molar-refractivity contribution in [2.45, 2.75) is 65.0 Å². The number of amides is 2. The Kier molecular flexibility index (Phi) is 6.09. The second-order valence-electron chi connectivity index (χ2n) is 8.47. The fraction of sp³-hybridized carbons (Fsp3) is 0.545. The van der Waals surface area contributed by atoms with E-state index in [9.17, 15) is 9.59 Å². The van der Waals surface area contributed by atoms with E-state index in [1.807, 2.05) is 19.9 Å². The Hall–Kier alpha value is -2.41. The number of rotatable bonds is 5. The van der Waals surface area contributed by atoms with Crippen LogP contribution in [0.4, 0.5) is 5.69 Å². The van der Waals surface area contributed by atoms with Gasteiger partial charge in [0.1, 0.15) is 11.9 Å². The summed E-state index contributed by atoms with van der Waals surface area (Å²) in [5.74, 6) is 1.62. The molecule has 0 radical (unpaired) electrons. The van der Waals surface area contributed by atoms with Crippen molar-refractivity contribution in [2.75, 3.05) is 11.9 Å². The van der Waals surface area contributed by atoms with E-state index in [1.54, 1.807) is 17.0 Å². The Morgan fingerprint density at radius 2 is 1.93 bits per heavy atom. The molecule has 8 heteroatoms. The summed E-state index contributed by atoms with van der Waals surface area (Å²) in [6.45, 7) is 5.44. The van der Waals surface area contributed by atoms with E-state index in [1.165, 1.54) is 6.42 Å². The van der Waals surface area contributed by atoms with Gasteiger partial charge in [0.15, 0.2) is 5.82 Å². The van der Waals surface area contributed by atoms with Gasteiger partial charge in [0.2, 0.25) is 11.8 Å². The predicted molar refractivity (Wildman–Crippen MR) is 116 cm³/mol. The quantitative estimate of drug-likeness (QED) is 0.781. The molecule has 3 heterocycles. The molecule has 0 spiro atoms. The summed E-state index contributed by atoms with van der Waals surface area (Å²) in [7, 11) is 0. The number of carbonyl (C=O) groups is 2. The number of nitrogens with one attached hydrogen (secondary N) is 1. The summed E-state index contributed by atoms with van der Waals surface area (Å²) in [6, 6.07) is 4.93. The van der Waals surface area contributed by atoms with Gasteiger partial charge >= 0.3 is 0 Å². The zero-order valence-electron chi connectivity index (χ0n) is 17.5. The van der Waals surface area contributed by atoms with Gasteiger partial charge in [-0.1, -0.05) is 31.9 Å². The van der Waals surface area contributed by atoms with Crippen LogP contribution in [0.15, 0.2) is 18.2 Å². The fourth-order valence-electron chi connectivity index (χ4n) is 4.44. The summed E-state index contributed by atoms with van der Waals surface area (Å²) >= 11 is 6.50. The number of anilines is 1. The number of hydrogen-bond donors (Lipinski definition) is 1. The monoisotopic (exact) mass is 429 g/mol. The number of benzene rings is 1. The maximum absolute atomic E-state index is 13.1. The highest BCUT2D eigenvalue weighted by Gasteiger charge is 2.35. The lowest BCUT2D eigenvalue weighted by atomic mass is 10.0. The number of aryl methyl sites for hydroxylation is 1. The largest absolute Gasteiger partial charge is 0.330 e. The number of fused-ring (bicyclic) bond motifs is 1. The van der Waals surface area contributed by atoms with E-state index in [0.717, 1.165) is 49.4 Å². The molecular weight excluding hydrogens is 402 g/mol. The molecule has 1 aromatic carbocycles. The molecule has 0 aliphatic carbocycles. The topological polar surface area (TPSA) is 80.1 Å². The zero-order chi connectivity index (χ0) is 21.3. The summed E-state index contributed by atoms with van der Waals surface area (Å²) in [4.78, 5) is 27.0. The molecule has 2 aromatic rings. The maximum atomic E-state index is 13.1. The van der Waals surface area contributed by atoms with Crippen molar-refractivity contribution in [3.63, 3.8) is 0 Å². The van der Waals surface area contributed by atoms with Crippen molar-refractivity contribution in [2.24, 2.45) is 5.92 Å². The smallest absolute Gasteiger partial charge is 0.247 e. The molecule has 2 aliphatic rings. The van der Waals surface area contributed by atoms with Gasteiger partial charge in [-0.15, -0.1) is 10.2 Å². The first-order valence-electron chi connectivity index (χ1n) is 10.8. The second-order valence-corrected chi connectivity index (χ2v) is 8.87. The molecule has 4 rings (SSSR count). The van der Waals surface area contributed by atoms with Crippen molar-refractivity contribution in [1.29, 1.82) is 0 Å². The average Bonchev–Trinajstić information content (AvgIpc) is 3.22. The van der Waals surface area contributed by atoms with Crippen molar-refractivity contribution in [3.05, 3.63) is 29.0 Å². The molecule has 1 saturated heterocycles. The third-order valence-electron chi connectivity index (χ3n) is 5.93. The number of hydrogen-bond acceptors (Lipinski definition) is 4. The van der Waals surface area contributed by atoms with E-state index in [-0.39, 0.29) is 17.7 Å². The fourth-order valence-corrected chi connectivity index (χ4v) is 4.64. The van der Waals surface area contributed by atoms with Crippen molar-refractivity contribution in [1.82, 2.24) is 19.7 Å². The molecule has 7 nitrogen and oxygen atoms in total. The molecule has 30 heavy (non-hydrogen) atoms. The summed E-state index contributed by atoms with van der Waals surface area (Å²) < 4.78 is 2.14. The Labute approximate surface area is 181 Å². The molecule has 1 fully saturated rings. The van der Waals surface area contributed by atoms with Crippen LogP contribution in [0, 0.1) is 5.92 Å². The first kappa shape index (κ1) is 20.8. The number of aromatic nitrogens is 3. The van der Waals surface area contributed by atoms with Gasteiger partial charge in [-0.25, -0.2) is 0 Å². The maximum Gasteiger partial charge on any atom is 0.247 e. The highest BCUT2D eigenvalue weighted by molar-refractivity contribution is 6.33. The highest BCUT2D eigenvalue weighted by atomic mass is 35.5. The Balaban J connectivity index is 1.60.